The van der Waals surface area contributed by atoms with E-state index >= 15 is 0 Å². The van der Waals surface area contributed by atoms with Crippen molar-refractivity contribution in [2.45, 2.75) is 53.9 Å². The van der Waals surface area contributed by atoms with Gasteiger partial charge in [-0.1, -0.05) is 66.5 Å². The van der Waals surface area contributed by atoms with Gasteiger partial charge in [-0.2, -0.15) is 0 Å². The van der Waals surface area contributed by atoms with E-state index in [1.165, 1.54) is 16.2 Å². The number of esters is 1. The largest absolute Gasteiger partial charge is 0.462 e. The van der Waals surface area contributed by atoms with Crippen LogP contribution in [0, 0.1) is 18.3 Å². The van der Waals surface area contributed by atoms with Crippen molar-refractivity contribution in [1.82, 2.24) is 4.98 Å². The Kier molecular flexibility index (Phi) is 7.66. The van der Waals surface area contributed by atoms with E-state index in [4.69, 9.17) is 9.72 Å². The minimum absolute atomic E-state index is 0.172. The zero-order valence-corrected chi connectivity index (χ0v) is 25.4. The molecule has 0 saturated heterocycles. The van der Waals surface area contributed by atoms with Crippen LogP contribution in [0.5, 0.6) is 0 Å². The van der Waals surface area contributed by atoms with E-state index in [0.717, 1.165) is 57.0 Å². The number of carbonyl (C=O) groups excluding carboxylic acids is 2. The lowest BCUT2D eigenvalue weighted by Crippen LogP contribution is -2.26. The summed E-state index contributed by atoms with van der Waals surface area (Å²) < 4.78 is 6.31. The number of halogens is 1. The zero-order chi connectivity index (χ0) is 27.9. The molecule has 1 N–H and O–H groups in total. The number of anilines is 1. The van der Waals surface area contributed by atoms with E-state index in [0.29, 0.717) is 22.0 Å². The van der Waals surface area contributed by atoms with E-state index in [-0.39, 0.29) is 23.9 Å². The first-order chi connectivity index (χ1) is 18.5. The number of carbonyl (C=O) groups is 2. The van der Waals surface area contributed by atoms with E-state index < -0.39 is 0 Å². The summed E-state index contributed by atoms with van der Waals surface area (Å²) in [6.45, 7) is 10.9. The maximum Gasteiger partial charge on any atom is 0.341 e. The highest BCUT2D eigenvalue weighted by molar-refractivity contribution is 9.10. The molecule has 0 radical (unpaired) electrons. The summed E-state index contributed by atoms with van der Waals surface area (Å²) in [4.78, 5) is 33.1. The quantitative estimate of drug-likeness (QED) is 0.231. The van der Waals surface area contributed by atoms with Gasteiger partial charge in [0.25, 0.3) is 5.91 Å². The number of fused-ring (bicyclic) bond motifs is 2. The fourth-order valence-electron chi connectivity index (χ4n) is 5.26. The topological polar surface area (TPSA) is 68.3 Å². The first kappa shape index (κ1) is 27.5. The van der Waals surface area contributed by atoms with E-state index in [1.54, 1.807) is 6.92 Å². The number of thiophene rings is 1. The molecule has 0 aliphatic heterocycles. The van der Waals surface area contributed by atoms with Crippen LogP contribution >= 0.6 is 27.3 Å². The van der Waals surface area contributed by atoms with E-state index in [1.807, 2.05) is 55.5 Å². The summed E-state index contributed by atoms with van der Waals surface area (Å²) in [6.07, 6.45) is 2.71. The second-order valence-electron chi connectivity index (χ2n) is 11.3. The Balaban J connectivity index is 1.58. The fourth-order valence-corrected chi connectivity index (χ4v) is 6.93. The molecule has 0 bridgehead atoms. The van der Waals surface area contributed by atoms with Crippen molar-refractivity contribution in [2.24, 2.45) is 11.3 Å². The van der Waals surface area contributed by atoms with E-state index in [2.05, 4.69) is 42.0 Å². The molecule has 39 heavy (non-hydrogen) atoms. The molecular formula is C32H33BrN2O3S. The fraction of sp³-hybridized carbons (Fsp3) is 0.344. The molecule has 0 spiro atoms. The van der Waals surface area contributed by atoms with Crippen LogP contribution in [0.15, 0.2) is 53.0 Å². The number of ether oxygens (including phenoxy) is 1. The molecule has 5 nitrogen and oxygen atoms in total. The van der Waals surface area contributed by atoms with Crippen LogP contribution in [0.2, 0.25) is 0 Å². The number of hydrogen-bond donors (Lipinski definition) is 1. The lowest BCUT2D eigenvalue weighted by Gasteiger charge is -2.33. The van der Waals surface area contributed by atoms with Gasteiger partial charge in [0.1, 0.15) is 5.00 Å². The highest BCUT2D eigenvalue weighted by Crippen LogP contribution is 2.44. The minimum atomic E-state index is -0.373. The number of nitrogens with zero attached hydrogens (tertiary/aromatic N) is 1. The molecule has 2 heterocycles. The number of aromatic nitrogens is 1. The normalized spacial score (nSPS) is 15.2. The molecule has 0 saturated carbocycles. The minimum Gasteiger partial charge on any atom is -0.462 e. The maximum atomic E-state index is 13.9. The zero-order valence-electron chi connectivity index (χ0n) is 23.0. The first-order valence-corrected chi connectivity index (χ1v) is 15.0. The van der Waals surface area contributed by atoms with Crippen molar-refractivity contribution >= 4 is 55.0 Å². The van der Waals surface area contributed by atoms with Crippen molar-refractivity contribution in [1.29, 1.82) is 0 Å². The maximum absolute atomic E-state index is 13.9. The van der Waals surface area contributed by atoms with Gasteiger partial charge in [-0.05, 0) is 74.3 Å². The first-order valence-electron chi connectivity index (χ1n) is 13.4. The van der Waals surface area contributed by atoms with Gasteiger partial charge in [-0.25, -0.2) is 9.78 Å². The van der Waals surface area contributed by atoms with Crippen molar-refractivity contribution in [3.63, 3.8) is 0 Å². The Labute approximate surface area is 242 Å². The Morgan fingerprint density at radius 1 is 1.13 bits per heavy atom. The van der Waals surface area contributed by atoms with Crippen LogP contribution in [0.3, 0.4) is 0 Å². The summed E-state index contributed by atoms with van der Waals surface area (Å²) in [5, 5.41) is 4.42. The van der Waals surface area contributed by atoms with Gasteiger partial charge >= 0.3 is 5.97 Å². The number of nitrogens with one attached hydrogen (secondary N) is 1. The third-order valence-electron chi connectivity index (χ3n) is 7.56. The number of pyridine rings is 1. The van der Waals surface area contributed by atoms with Crippen molar-refractivity contribution < 1.29 is 14.3 Å². The van der Waals surface area contributed by atoms with Gasteiger partial charge in [0.05, 0.1) is 28.9 Å². The molecule has 1 aliphatic rings. The van der Waals surface area contributed by atoms with Crippen LogP contribution in [-0.4, -0.2) is 23.5 Å². The smallest absolute Gasteiger partial charge is 0.341 e. The second-order valence-corrected chi connectivity index (χ2v) is 13.3. The second kappa shape index (κ2) is 10.9. The SMILES string of the molecule is CCOC(=O)c1c(NC(=O)c2cc(-c3ccc(C)cc3)nc3ccc(Br)cc23)sc2c1CC[C@@H](C(C)(C)C)C2. The molecule has 0 unspecified atom stereocenters. The average Bonchev–Trinajstić information content (AvgIpc) is 3.25. The Morgan fingerprint density at radius 3 is 2.56 bits per heavy atom. The molecule has 4 aromatic rings. The lowest BCUT2D eigenvalue weighted by atomic mass is 9.72. The number of rotatable bonds is 5. The van der Waals surface area contributed by atoms with E-state index in [9.17, 15) is 9.59 Å². The molecule has 5 rings (SSSR count). The van der Waals surface area contributed by atoms with Gasteiger partial charge in [0, 0.05) is 20.3 Å². The molecule has 0 fully saturated rings. The molecular weight excluding hydrogens is 572 g/mol. The lowest BCUT2D eigenvalue weighted by molar-refractivity contribution is 0.0526. The van der Waals surface area contributed by atoms with Crippen LogP contribution in [0.1, 0.15) is 70.8 Å². The Hall–Kier alpha value is -3.03. The highest BCUT2D eigenvalue weighted by Gasteiger charge is 2.34. The molecule has 2 aromatic carbocycles. The summed E-state index contributed by atoms with van der Waals surface area (Å²) >= 11 is 5.06. The van der Waals surface area contributed by atoms with Gasteiger partial charge in [0.15, 0.2) is 0 Å². The van der Waals surface area contributed by atoms with Crippen molar-refractivity contribution in [3.8, 4) is 11.3 Å². The predicted octanol–water partition coefficient (Wildman–Crippen LogP) is 8.61. The number of aryl methyl sites for hydroxylation is 1. The molecule has 202 valence electrons. The molecule has 1 atom stereocenters. The monoisotopic (exact) mass is 604 g/mol. The summed E-state index contributed by atoms with van der Waals surface area (Å²) in [5.74, 6) is -0.131. The molecule has 2 aromatic heterocycles. The third-order valence-corrected chi connectivity index (χ3v) is 9.22. The number of hydrogen-bond acceptors (Lipinski definition) is 5. The van der Waals surface area contributed by atoms with Crippen molar-refractivity contribution in [2.75, 3.05) is 11.9 Å². The van der Waals surface area contributed by atoms with Crippen LogP contribution in [0.25, 0.3) is 22.2 Å². The van der Waals surface area contributed by atoms with Gasteiger partial charge in [0.2, 0.25) is 0 Å². The standard InChI is InChI=1S/C32H33BrN2O3S/c1-6-38-31(37)28-22-13-11-20(32(3,4)5)15-27(22)39-30(28)35-29(36)24-17-26(19-9-7-18(2)8-10-19)34-25-14-12-21(33)16-23(24)25/h7-10,12,14,16-17,20H,6,11,13,15H2,1-5H3,(H,35,36)/t20-/m1/s1. The summed E-state index contributed by atoms with van der Waals surface area (Å²) in [7, 11) is 0. The van der Waals surface area contributed by atoms with Gasteiger partial charge in [-0.15, -0.1) is 11.3 Å². The number of benzene rings is 2. The van der Waals surface area contributed by atoms with Gasteiger partial charge < -0.3 is 10.1 Å². The summed E-state index contributed by atoms with van der Waals surface area (Å²) in [5.41, 5.74) is 5.75. The predicted molar refractivity (Wildman–Crippen MR) is 163 cm³/mol. The van der Waals surface area contributed by atoms with Crippen molar-refractivity contribution in [3.05, 3.63) is 80.1 Å². The summed E-state index contributed by atoms with van der Waals surface area (Å²) in [6, 6.07) is 15.7. The Bertz CT molecular complexity index is 1570. The molecule has 1 aliphatic carbocycles. The van der Waals surface area contributed by atoms with Gasteiger partial charge in [-0.3, -0.25) is 4.79 Å². The third kappa shape index (κ3) is 5.66. The van der Waals surface area contributed by atoms with Crippen LogP contribution in [0.4, 0.5) is 5.00 Å². The average molecular weight is 606 g/mol. The van der Waals surface area contributed by atoms with Crippen LogP contribution in [-0.2, 0) is 17.6 Å². The molecule has 1 amide bonds. The van der Waals surface area contributed by atoms with Crippen LogP contribution < -0.4 is 5.32 Å². The highest BCUT2D eigenvalue weighted by atomic mass is 79.9. The number of amides is 1. The molecule has 7 heteroatoms. The Morgan fingerprint density at radius 2 is 1.87 bits per heavy atom.